The van der Waals surface area contributed by atoms with E-state index in [9.17, 15) is 12.8 Å². The molecule has 0 aliphatic rings. The topological polar surface area (TPSA) is 68.5 Å². The molecule has 0 aliphatic heterocycles. The molecule has 0 bridgehead atoms. The summed E-state index contributed by atoms with van der Waals surface area (Å²) in [6.45, 7) is 3.37. The zero-order valence-corrected chi connectivity index (χ0v) is 15.8. The van der Waals surface area contributed by atoms with Crippen LogP contribution in [-0.2, 0) is 20.4 Å². The molecule has 1 N–H and O–H groups in total. The molecule has 2 aromatic rings. The molecule has 136 valence electrons. The molecule has 6 nitrogen and oxygen atoms in total. The van der Waals surface area contributed by atoms with Crippen LogP contribution in [0.3, 0.4) is 0 Å². The van der Waals surface area contributed by atoms with Crippen LogP contribution in [0.25, 0.3) is 11.3 Å². The lowest BCUT2D eigenvalue weighted by Gasteiger charge is -2.26. The van der Waals surface area contributed by atoms with Crippen molar-refractivity contribution in [3.05, 3.63) is 52.9 Å². The van der Waals surface area contributed by atoms with Crippen LogP contribution >= 0.6 is 11.6 Å². The number of nitrogens with one attached hydrogen (secondary N) is 1. The van der Waals surface area contributed by atoms with Crippen LogP contribution in [0.15, 0.2) is 36.5 Å². The molecule has 1 aromatic heterocycles. The normalized spacial score (nSPS) is 12.2. The van der Waals surface area contributed by atoms with Gasteiger partial charge in [0.2, 0.25) is 16.2 Å². The number of pyridine rings is 1. The minimum Gasteiger partial charge on any atom is -0.213 e. The van der Waals surface area contributed by atoms with E-state index in [1.54, 1.807) is 19.9 Å². The van der Waals surface area contributed by atoms with Gasteiger partial charge in [-0.25, -0.2) is 17.5 Å². The lowest BCUT2D eigenvalue weighted by Crippen LogP contribution is -2.46. The molecule has 0 aliphatic carbocycles. The molecule has 0 fully saturated rings. The highest BCUT2D eigenvalue weighted by Crippen LogP contribution is 2.34. The van der Waals surface area contributed by atoms with Gasteiger partial charge < -0.3 is 0 Å². The van der Waals surface area contributed by atoms with Gasteiger partial charge >= 0.3 is 0 Å². The van der Waals surface area contributed by atoms with E-state index in [2.05, 4.69) is 4.72 Å². The Bertz CT molecular complexity index is 870. The first-order valence-electron chi connectivity index (χ1n) is 7.26. The molecule has 1 heterocycles. The van der Waals surface area contributed by atoms with Crippen LogP contribution in [0, 0.1) is 5.82 Å². The summed E-state index contributed by atoms with van der Waals surface area (Å²) in [5.41, 5.74) is 0.505. The summed E-state index contributed by atoms with van der Waals surface area (Å²) in [4.78, 5) is 9.76. The lowest BCUT2D eigenvalue weighted by molar-refractivity contribution is -0.949. The number of halogens is 2. The molecule has 0 saturated heterocycles. The van der Waals surface area contributed by atoms with Gasteiger partial charge in [0.05, 0.1) is 29.2 Å². The van der Waals surface area contributed by atoms with Crippen LogP contribution in [0.1, 0.15) is 19.4 Å². The predicted molar refractivity (Wildman–Crippen MR) is 91.6 cm³/mol. The SMILES string of the molecule is COO[n+]1ccc(C(C)(C)NS(C)(=O)=O)c(Cl)c1-c1ccc(F)cc1. The standard InChI is InChI=1S/C16H19ClFN2O4S/c1-16(2,19-25(4,21)22)13-9-10-20(24-23-3)15(14(13)17)11-5-7-12(18)8-6-11/h5-10,19H,1-4H3/q+1. The molecule has 25 heavy (non-hydrogen) atoms. The third kappa shape index (κ3) is 4.66. The third-order valence-electron chi connectivity index (χ3n) is 3.43. The molecule has 0 unspecified atom stereocenters. The number of hydrogen-bond donors (Lipinski definition) is 1. The van der Waals surface area contributed by atoms with E-state index in [-0.39, 0.29) is 5.02 Å². The molecule has 0 radical (unpaired) electrons. The largest absolute Gasteiger partial charge is 0.287 e. The van der Waals surface area contributed by atoms with Gasteiger partial charge in [-0.2, -0.15) is 0 Å². The van der Waals surface area contributed by atoms with Gasteiger partial charge in [0.25, 0.3) is 5.69 Å². The van der Waals surface area contributed by atoms with E-state index in [0.29, 0.717) is 16.8 Å². The first kappa shape index (κ1) is 19.6. The Labute approximate surface area is 151 Å². The Morgan fingerprint density at radius 2 is 1.80 bits per heavy atom. The van der Waals surface area contributed by atoms with E-state index in [1.165, 1.54) is 42.3 Å². The molecular formula is C16H19ClFN2O4S+. The second-order valence-corrected chi connectivity index (χ2v) is 8.09. The number of aromatic nitrogens is 1. The Morgan fingerprint density at radius 3 is 2.32 bits per heavy atom. The molecule has 0 amide bonds. The highest BCUT2D eigenvalue weighted by Gasteiger charge is 2.33. The Balaban J connectivity index is 2.66. The van der Waals surface area contributed by atoms with Gasteiger partial charge in [-0.1, -0.05) is 16.6 Å². The fraction of sp³-hybridized carbons (Fsp3) is 0.312. The molecule has 0 atom stereocenters. The average Bonchev–Trinajstić information content (AvgIpc) is 2.46. The molecule has 0 saturated carbocycles. The summed E-state index contributed by atoms with van der Waals surface area (Å²) in [6.07, 6.45) is 2.61. The molecule has 2 rings (SSSR count). The molecular weight excluding hydrogens is 371 g/mol. The predicted octanol–water partition coefficient (Wildman–Crippen LogP) is 2.21. The van der Waals surface area contributed by atoms with Crippen molar-refractivity contribution in [3.63, 3.8) is 0 Å². The maximum Gasteiger partial charge on any atom is 0.287 e. The molecule has 9 heteroatoms. The number of hydrogen-bond acceptors (Lipinski definition) is 4. The van der Waals surface area contributed by atoms with Gasteiger partial charge in [0.15, 0.2) is 0 Å². The second-order valence-electron chi connectivity index (χ2n) is 5.97. The van der Waals surface area contributed by atoms with Crippen molar-refractivity contribution >= 4 is 21.6 Å². The lowest BCUT2D eigenvalue weighted by atomic mass is 9.94. The van der Waals surface area contributed by atoms with E-state index in [1.807, 2.05) is 0 Å². The number of sulfonamides is 1. The molecule has 0 spiro atoms. The van der Waals surface area contributed by atoms with E-state index >= 15 is 0 Å². The van der Waals surface area contributed by atoms with E-state index in [4.69, 9.17) is 21.5 Å². The third-order valence-corrected chi connectivity index (χ3v) is 4.69. The van der Waals surface area contributed by atoms with Crippen molar-refractivity contribution in [1.29, 1.82) is 0 Å². The summed E-state index contributed by atoms with van der Waals surface area (Å²) < 4.78 is 40.3. The highest BCUT2D eigenvalue weighted by atomic mass is 35.5. The highest BCUT2D eigenvalue weighted by molar-refractivity contribution is 7.88. The van der Waals surface area contributed by atoms with Crippen LogP contribution in [0.4, 0.5) is 4.39 Å². The summed E-state index contributed by atoms with van der Waals surface area (Å²) >= 11 is 6.55. The van der Waals surface area contributed by atoms with Crippen molar-refractivity contribution in [2.24, 2.45) is 0 Å². The fourth-order valence-corrected chi connectivity index (χ4v) is 4.05. The molecule has 1 aromatic carbocycles. The van der Waals surface area contributed by atoms with Gasteiger partial charge in [-0.15, -0.1) is 4.89 Å². The smallest absolute Gasteiger partial charge is 0.213 e. The summed E-state index contributed by atoms with van der Waals surface area (Å²) in [6, 6.07) is 7.26. The van der Waals surface area contributed by atoms with Gasteiger partial charge in [0.1, 0.15) is 10.8 Å². The first-order valence-corrected chi connectivity index (χ1v) is 9.53. The van der Waals surface area contributed by atoms with Crippen molar-refractivity contribution in [2.45, 2.75) is 19.4 Å². The zero-order chi connectivity index (χ0) is 18.8. The van der Waals surface area contributed by atoms with E-state index < -0.39 is 21.4 Å². The second kappa shape index (κ2) is 7.25. The summed E-state index contributed by atoms with van der Waals surface area (Å²) in [5.74, 6) is -0.394. The first-order chi connectivity index (χ1) is 11.5. The van der Waals surface area contributed by atoms with Crippen LogP contribution in [0.2, 0.25) is 5.02 Å². The van der Waals surface area contributed by atoms with E-state index in [0.717, 1.165) is 6.26 Å². The monoisotopic (exact) mass is 389 g/mol. The minimum atomic E-state index is -3.47. The average molecular weight is 390 g/mol. The maximum absolute atomic E-state index is 13.2. The Kier molecular flexibility index (Phi) is 5.68. The Morgan fingerprint density at radius 1 is 1.20 bits per heavy atom. The van der Waals surface area contributed by atoms with Crippen molar-refractivity contribution in [2.75, 3.05) is 13.4 Å². The number of nitrogens with zero attached hydrogens (tertiary/aromatic N) is 1. The van der Waals surface area contributed by atoms with Gasteiger partial charge in [-0.05, 0) is 38.1 Å². The minimum absolute atomic E-state index is 0.243. The fourth-order valence-electron chi connectivity index (χ4n) is 2.52. The zero-order valence-electron chi connectivity index (χ0n) is 14.2. The van der Waals surface area contributed by atoms with Crippen molar-refractivity contribution in [1.82, 2.24) is 4.72 Å². The number of rotatable bonds is 6. The maximum atomic E-state index is 13.2. The quantitative estimate of drug-likeness (QED) is 0.467. The van der Waals surface area contributed by atoms with Crippen LogP contribution < -0.4 is 14.4 Å². The van der Waals surface area contributed by atoms with Crippen molar-refractivity contribution < 1.29 is 27.4 Å². The number of benzene rings is 1. The van der Waals surface area contributed by atoms with Gasteiger partial charge in [0, 0.05) is 11.6 Å². The summed E-state index contributed by atoms with van der Waals surface area (Å²) in [5, 5.41) is 0.243. The van der Waals surface area contributed by atoms with Crippen molar-refractivity contribution in [3.8, 4) is 11.3 Å². The van der Waals surface area contributed by atoms with Crippen LogP contribution in [0.5, 0.6) is 0 Å². The Hall–Kier alpha value is -1.74. The van der Waals surface area contributed by atoms with Crippen LogP contribution in [-0.4, -0.2) is 21.8 Å². The summed E-state index contributed by atoms with van der Waals surface area (Å²) in [7, 11) is -2.14. The van der Waals surface area contributed by atoms with Gasteiger partial charge in [-0.3, -0.25) is 0 Å².